The van der Waals surface area contributed by atoms with Crippen LogP contribution < -0.4 is 10.6 Å². The largest absolute Gasteiger partial charge is 0.388 e. The molecular weight excluding hydrogens is 428 g/mol. The molecule has 1 saturated heterocycles. The molecule has 3 atom stereocenters. The second kappa shape index (κ2) is 8.35. The van der Waals surface area contributed by atoms with E-state index in [0.717, 1.165) is 24.2 Å². The lowest BCUT2D eigenvalue weighted by Gasteiger charge is -2.17. The van der Waals surface area contributed by atoms with Crippen LogP contribution in [0.4, 0.5) is 14.6 Å². The lowest BCUT2D eigenvalue weighted by atomic mass is 10.2. The van der Waals surface area contributed by atoms with Crippen molar-refractivity contribution in [1.29, 1.82) is 0 Å². The summed E-state index contributed by atoms with van der Waals surface area (Å²) in [5.41, 5.74) is 0.138. The van der Waals surface area contributed by atoms with Crippen molar-refractivity contribution in [2.75, 3.05) is 18.9 Å². The monoisotopic (exact) mass is 451 g/mol. The number of fused-ring (bicyclic) bond motifs is 1. The van der Waals surface area contributed by atoms with E-state index in [9.17, 15) is 18.7 Å². The van der Waals surface area contributed by atoms with Gasteiger partial charge in [0, 0.05) is 26.9 Å². The third-order valence-electron chi connectivity index (χ3n) is 5.00. The smallest absolute Gasteiger partial charge is 0.290 e. The van der Waals surface area contributed by atoms with Crippen molar-refractivity contribution in [3.8, 4) is 5.95 Å². The Balaban J connectivity index is 1.78. The molecule has 32 heavy (non-hydrogen) atoms. The second-order valence-corrected chi connectivity index (χ2v) is 7.49. The Kier molecular flexibility index (Phi) is 5.73. The maximum Gasteiger partial charge on any atom is 0.290 e. The molecule has 1 fully saturated rings. The number of ether oxygens (including phenoxy) is 1. The number of carbonyl (C=O) groups is 1. The maximum absolute atomic E-state index is 13.6. The van der Waals surface area contributed by atoms with Crippen molar-refractivity contribution in [3.05, 3.63) is 18.2 Å². The third kappa shape index (κ3) is 3.98. The number of aliphatic hydroxyl groups is 1. The summed E-state index contributed by atoms with van der Waals surface area (Å²) >= 11 is 0. The minimum Gasteiger partial charge on any atom is -0.388 e. The van der Waals surface area contributed by atoms with E-state index in [-0.39, 0.29) is 23.9 Å². The average molecular weight is 451 g/mol. The van der Waals surface area contributed by atoms with Crippen LogP contribution in [0.1, 0.15) is 38.6 Å². The highest BCUT2D eigenvalue weighted by Gasteiger charge is 2.39. The summed E-state index contributed by atoms with van der Waals surface area (Å²) in [7, 11) is 1.48. The van der Waals surface area contributed by atoms with Crippen LogP contribution in [-0.4, -0.2) is 71.3 Å². The van der Waals surface area contributed by atoms with Gasteiger partial charge in [-0.2, -0.15) is 23.4 Å². The first kappa shape index (κ1) is 22.0. The lowest BCUT2D eigenvalue weighted by molar-refractivity contribution is -0.134. The third-order valence-corrected chi connectivity index (χ3v) is 5.00. The summed E-state index contributed by atoms with van der Waals surface area (Å²) in [5.74, 6) is -3.19. The Morgan fingerprint density at radius 2 is 2.19 bits per heavy atom. The van der Waals surface area contributed by atoms with E-state index in [1.807, 2.05) is 6.92 Å². The number of nitrogens with one attached hydrogen (secondary N) is 2. The predicted molar refractivity (Wildman–Crippen MR) is 107 cm³/mol. The molecule has 1 aliphatic heterocycles. The first-order valence-electron chi connectivity index (χ1n) is 10.1. The summed E-state index contributed by atoms with van der Waals surface area (Å²) in [5, 5.41) is 23.4. The molecule has 4 heterocycles. The van der Waals surface area contributed by atoms with Crippen LogP contribution in [0.25, 0.3) is 17.1 Å². The van der Waals surface area contributed by atoms with E-state index in [2.05, 4.69) is 35.9 Å². The first-order chi connectivity index (χ1) is 15.2. The number of nitrogens with zero attached hydrogens (tertiary/aromatic N) is 7. The summed E-state index contributed by atoms with van der Waals surface area (Å²) in [6.45, 7) is 3.27. The second-order valence-electron chi connectivity index (χ2n) is 7.49. The van der Waals surface area contributed by atoms with Gasteiger partial charge in [-0.15, -0.1) is 5.10 Å². The van der Waals surface area contributed by atoms with Gasteiger partial charge >= 0.3 is 0 Å². The normalized spacial score (nSPS) is 21.2. The standard InChI is InChI=1S/C18H23F2N9O3/c1-4-5-22-13-12-14(25-17(24-13)29-7-11(26-27-29)18(2,19)20)28(8-23-12)16-9(30)6-10(32-16)15(31)21-3/h7-10,16,30H,4-6H2,1-3H3,(H,21,31)(H,22,24,25)/t9-,10?,16?/m1/s1. The van der Waals surface area contributed by atoms with Gasteiger partial charge in [0.2, 0.25) is 5.91 Å². The summed E-state index contributed by atoms with van der Waals surface area (Å²) < 4.78 is 35.5. The van der Waals surface area contributed by atoms with Crippen molar-refractivity contribution in [1.82, 2.24) is 39.8 Å². The Hall–Kier alpha value is -3.26. The summed E-state index contributed by atoms with van der Waals surface area (Å²) in [6, 6.07) is 0. The highest BCUT2D eigenvalue weighted by molar-refractivity contribution is 5.84. The number of hydrogen-bond donors (Lipinski definition) is 3. The highest BCUT2D eigenvalue weighted by Crippen LogP contribution is 2.32. The van der Waals surface area contributed by atoms with Gasteiger partial charge in [0.1, 0.15) is 12.2 Å². The van der Waals surface area contributed by atoms with Crippen LogP contribution in [0, 0.1) is 0 Å². The zero-order valence-electron chi connectivity index (χ0n) is 17.7. The topological polar surface area (TPSA) is 145 Å². The zero-order chi connectivity index (χ0) is 23.0. The molecular formula is C18H23F2N9O3. The van der Waals surface area contributed by atoms with Crippen LogP contribution in [0.2, 0.25) is 0 Å². The van der Waals surface area contributed by atoms with E-state index in [0.29, 0.717) is 17.9 Å². The predicted octanol–water partition coefficient (Wildman–Crippen LogP) is 0.735. The number of aliphatic hydroxyl groups excluding tert-OH is 1. The van der Waals surface area contributed by atoms with Crippen LogP contribution in [0.3, 0.4) is 0 Å². The van der Waals surface area contributed by atoms with Crippen LogP contribution >= 0.6 is 0 Å². The van der Waals surface area contributed by atoms with Crippen LogP contribution in [-0.2, 0) is 15.5 Å². The van der Waals surface area contributed by atoms with Gasteiger partial charge in [0.15, 0.2) is 28.9 Å². The van der Waals surface area contributed by atoms with E-state index < -0.39 is 30.1 Å². The number of rotatable bonds is 7. The van der Waals surface area contributed by atoms with Crippen molar-refractivity contribution >= 4 is 22.9 Å². The van der Waals surface area contributed by atoms with E-state index in [1.54, 1.807) is 0 Å². The number of alkyl halides is 2. The molecule has 0 spiro atoms. The number of amides is 1. The van der Waals surface area contributed by atoms with E-state index in [1.165, 1.54) is 17.9 Å². The van der Waals surface area contributed by atoms with Crippen molar-refractivity contribution in [2.24, 2.45) is 0 Å². The van der Waals surface area contributed by atoms with Gasteiger partial charge in [0.25, 0.3) is 11.9 Å². The van der Waals surface area contributed by atoms with Crippen LogP contribution in [0.15, 0.2) is 12.5 Å². The molecule has 12 nitrogen and oxygen atoms in total. The average Bonchev–Trinajstić information content (AvgIpc) is 3.48. The molecule has 3 aromatic rings. The van der Waals surface area contributed by atoms with E-state index >= 15 is 0 Å². The molecule has 1 aliphatic rings. The maximum atomic E-state index is 13.6. The molecule has 3 aromatic heterocycles. The molecule has 0 aliphatic carbocycles. The van der Waals surface area contributed by atoms with Crippen molar-refractivity contribution < 1.29 is 23.4 Å². The Bertz CT molecular complexity index is 1130. The number of likely N-dealkylation sites (N-methyl/N-ethyl adjacent to an activating group) is 1. The molecule has 4 rings (SSSR count). The van der Waals surface area contributed by atoms with Gasteiger partial charge in [-0.1, -0.05) is 12.1 Å². The Morgan fingerprint density at radius 1 is 1.41 bits per heavy atom. The van der Waals surface area contributed by atoms with Crippen LogP contribution in [0.5, 0.6) is 0 Å². The molecule has 0 bridgehead atoms. The van der Waals surface area contributed by atoms with Gasteiger partial charge in [-0.3, -0.25) is 9.36 Å². The van der Waals surface area contributed by atoms with Crippen molar-refractivity contribution in [2.45, 2.75) is 51.0 Å². The first-order valence-corrected chi connectivity index (χ1v) is 10.1. The van der Waals surface area contributed by atoms with Gasteiger partial charge < -0.3 is 20.5 Å². The van der Waals surface area contributed by atoms with Gasteiger partial charge in [-0.25, -0.2) is 4.98 Å². The molecule has 0 aromatic carbocycles. The van der Waals surface area contributed by atoms with Gasteiger partial charge in [-0.05, 0) is 6.42 Å². The number of anilines is 1. The number of aromatic nitrogens is 7. The lowest BCUT2D eigenvalue weighted by Crippen LogP contribution is -2.31. The molecule has 14 heteroatoms. The fourth-order valence-electron chi connectivity index (χ4n) is 3.35. The molecule has 1 amide bonds. The molecule has 172 valence electrons. The number of imidazole rings is 1. The summed E-state index contributed by atoms with van der Waals surface area (Å²) in [4.78, 5) is 25.1. The minimum atomic E-state index is -3.18. The minimum absolute atomic E-state index is 0.0174. The molecule has 0 radical (unpaired) electrons. The summed E-state index contributed by atoms with van der Waals surface area (Å²) in [6.07, 6.45) is 0.630. The number of carbonyl (C=O) groups excluding carboxylic acids is 1. The SMILES string of the molecule is CCCNc1nc(-n2cc(C(C)(F)F)nn2)nc2c1ncn2C1OC(C(=O)NC)C[C@H]1O. The number of hydrogen-bond acceptors (Lipinski definition) is 9. The van der Waals surface area contributed by atoms with Gasteiger partial charge in [0.05, 0.1) is 12.5 Å². The van der Waals surface area contributed by atoms with Crippen molar-refractivity contribution in [3.63, 3.8) is 0 Å². The van der Waals surface area contributed by atoms with E-state index in [4.69, 9.17) is 4.74 Å². The quantitative estimate of drug-likeness (QED) is 0.473. The zero-order valence-corrected chi connectivity index (χ0v) is 17.7. The molecule has 2 unspecified atom stereocenters. The Morgan fingerprint density at radius 3 is 2.84 bits per heavy atom. The molecule has 0 saturated carbocycles. The Labute approximate surface area is 181 Å². The molecule has 3 N–H and O–H groups in total. The fourth-order valence-corrected chi connectivity index (χ4v) is 3.35. The highest BCUT2D eigenvalue weighted by atomic mass is 19.3. The number of halogens is 2. The fraction of sp³-hybridized carbons (Fsp3) is 0.556.